The first-order valence-corrected chi connectivity index (χ1v) is 14.8. The molecule has 36 heavy (non-hydrogen) atoms. The highest BCUT2D eigenvalue weighted by Crippen LogP contribution is 2.23. The number of carboxylic acid groups (broad SMARTS) is 1. The van der Waals surface area contributed by atoms with Crippen molar-refractivity contribution >= 4 is 31.7 Å². The summed E-state index contributed by atoms with van der Waals surface area (Å²) in [5.41, 5.74) is 0.887. The third-order valence-electron chi connectivity index (χ3n) is 5.46. The summed E-state index contributed by atoms with van der Waals surface area (Å²) in [4.78, 5) is 24.3. The van der Waals surface area contributed by atoms with Crippen molar-refractivity contribution in [3.8, 4) is 0 Å². The Hall–Kier alpha value is -2.76. The van der Waals surface area contributed by atoms with E-state index >= 15 is 0 Å². The fourth-order valence-electron chi connectivity index (χ4n) is 3.61. The third-order valence-corrected chi connectivity index (χ3v) is 8.98. The van der Waals surface area contributed by atoms with Gasteiger partial charge in [-0.05, 0) is 56.4 Å². The Morgan fingerprint density at radius 1 is 0.917 bits per heavy atom. The highest BCUT2D eigenvalue weighted by atomic mass is 32.2. The molecule has 0 heterocycles. The molecule has 0 aliphatic rings. The van der Waals surface area contributed by atoms with Crippen LogP contribution >= 0.6 is 0 Å². The lowest BCUT2D eigenvalue weighted by molar-refractivity contribution is -0.142. The van der Waals surface area contributed by atoms with Crippen LogP contribution in [0.5, 0.6) is 0 Å². The number of nitrogens with zero attached hydrogens (tertiary/aromatic N) is 1. The second-order valence-electron chi connectivity index (χ2n) is 9.05. The number of aryl methyl sites for hydroxylation is 1. The Labute approximate surface area is 213 Å². The van der Waals surface area contributed by atoms with E-state index in [1.807, 2.05) is 20.8 Å². The molecule has 0 radical (unpaired) electrons. The van der Waals surface area contributed by atoms with Gasteiger partial charge in [-0.1, -0.05) is 49.7 Å². The molecule has 2 N–H and O–H groups in total. The maximum Gasteiger partial charge on any atom is 0.322 e. The summed E-state index contributed by atoms with van der Waals surface area (Å²) < 4.78 is 52.2. The van der Waals surface area contributed by atoms with Gasteiger partial charge in [0.1, 0.15) is 11.8 Å². The average Bonchev–Trinajstić information content (AvgIpc) is 2.80. The van der Waals surface area contributed by atoms with Crippen LogP contribution in [0.4, 0.5) is 0 Å². The molecular formula is C25H34N2O7S2. The van der Waals surface area contributed by atoms with E-state index < -0.39 is 43.5 Å². The summed E-state index contributed by atoms with van der Waals surface area (Å²) in [5.74, 6) is -2.69. The summed E-state index contributed by atoms with van der Waals surface area (Å²) >= 11 is 0. The maximum absolute atomic E-state index is 13.3. The van der Waals surface area contributed by atoms with Crippen LogP contribution in [-0.4, -0.2) is 63.0 Å². The fraction of sp³-hybridized carbons (Fsp3) is 0.440. The molecule has 2 aromatic carbocycles. The van der Waals surface area contributed by atoms with E-state index in [0.717, 1.165) is 9.87 Å². The number of unbranched alkanes of at least 4 members (excludes halogenated alkanes) is 1. The van der Waals surface area contributed by atoms with Gasteiger partial charge in [0.15, 0.2) is 9.84 Å². The van der Waals surface area contributed by atoms with Crippen LogP contribution in [0, 0.1) is 12.8 Å². The van der Waals surface area contributed by atoms with Crippen LogP contribution in [-0.2, 0) is 29.4 Å². The van der Waals surface area contributed by atoms with Gasteiger partial charge >= 0.3 is 5.97 Å². The smallest absolute Gasteiger partial charge is 0.322 e. The van der Waals surface area contributed by atoms with Gasteiger partial charge in [0, 0.05) is 13.1 Å². The van der Waals surface area contributed by atoms with Crippen molar-refractivity contribution in [2.24, 2.45) is 5.92 Å². The summed E-state index contributed by atoms with van der Waals surface area (Å²) in [5, 5.41) is 12.4. The Kier molecular flexibility index (Phi) is 10.6. The molecule has 0 bridgehead atoms. The zero-order chi connectivity index (χ0) is 26.9. The lowest BCUT2D eigenvalue weighted by Gasteiger charge is -2.29. The molecular weight excluding hydrogens is 504 g/mol. The van der Waals surface area contributed by atoms with E-state index in [4.69, 9.17) is 0 Å². The van der Waals surface area contributed by atoms with Gasteiger partial charge in [-0.2, -0.15) is 4.31 Å². The highest BCUT2D eigenvalue weighted by molar-refractivity contribution is 7.92. The minimum atomic E-state index is -4.04. The highest BCUT2D eigenvalue weighted by Gasteiger charge is 2.36. The quantitative estimate of drug-likeness (QED) is 0.353. The van der Waals surface area contributed by atoms with E-state index in [9.17, 15) is 31.5 Å². The molecule has 1 atom stereocenters. The van der Waals surface area contributed by atoms with E-state index in [-0.39, 0.29) is 35.2 Å². The predicted octanol–water partition coefficient (Wildman–Crippen LogP) is 2.86. The van der Waals surface area contributed by atoms with Crippen LogP contribution in [0.2, 0.25) is 0 Å². The number of nitrogens with one attached hydrogen (secondary N) is 1. The van der Waals surface area contributed by atoms with Gasteiger partial charge in [0.2, 0.25) is 15.9 Å². The second-order valence-corrected chi connectivity index (χ2v) is 12.9. The molecule has 0 saturated heterocycles. The number of benzene rings is 2. The van der Waals surface area contributed by atoms with E-state index in [1.54, 1.807) is 30.3 Å². The summed E-state index contributed by atoms with van der Waals surface area (Å²) in [7, 11) is -7.80. The molecule has 0 unspecified atom stereocenters. The molecule has 2 aromatic rings. The SMILES string of the molecule is Cc1ccc(S(=O)(=O)N(CC(C)C)[C@@H](CCCCNC(=O)CS(=O)(=O)c2ccccc2)C(=O)O)cc1. The monoisotopic (exact) mass is 538 g/mol. The van der Waals surface area contributed by atoms with Crippen molar-refractivity contribution < 1.29 is 31.5 Å². The molecule has 1 amide bonds. The number of sulfonamides is 1. The van der Waals surface area contributed by atoms with Gasteiger partial charge in [0.25, 0.3) is 0 Å². The summed E-state index contributed by atoms with van der Waals surface area (Å²) in [6.45, 7) is 5.65. The summed E-state index contributed by atoms with van der Waals surface area (Å²) in [6, 6.07) is 12.7. The molecule has 9 nitrogen and oxygen atoms in total. The van der Waals surface area contributed by atoms with Crippen molar-refractivity contribution in [3.63, 3.8) is 0 Å². The lowest BCUT2D eigenvalue weighted by Crippen LogP contribution is -2.46. The largest absolute Gasteiger partial charge is 0.480 e. The first-order chi connectivity index (χ1) is 16.8. The molecule has 0 saturated carbocycles. The van der Waals surface area contributed by atoms with Gasteiger partial charge < -0.3 is 10.4 Å². The van der Waals surface area contributed by atoms with Crippen LogP contribution in [0.3, 0.4) is 0 Å². The second kappa shape index (κ2) is 13.0. The number of amides is 1. The van der Waals surface area contributed by atoms with E-state index in [1.165, 1.54) is 24.3 Å². The Morgan fingerprint density at radius 2 is 1.53 bits per heavy atom. The van der Waals surface area contributed by atoms with Crippen LogP contribution in [0.1, 0.15) is 38.7 Å². The van der Waals surface area contributed by atoms with Crippen molar-refractivity contribution in [1.29, 1.82) is 0 Å². The Bertz CT molecular complexity index is 1230. The zero-order valence-electron chi connectivity index (χ0n) is 20.8. The van der Waals surface area contributed by atoms with Gasteiger partial charge in [-0.25, -0.2) is 16.8 Å². The van der Waals surface area contributed by atoms with Crippen molar-refractivity contribution in [1.82, 2.24) is 9.62 Å². The van der Waals surface area contributed by atoms with Crippen molar-refractivity contribution in [3.05, 3.63) is 60.2 Å². The molecule has 0 aromatic heterocycles. The van der Waals surface area contributed by atoms with Gasteiger partial charge in [-0.15, -0.1) is 0 Å². The normalized spacial score (nSPS) is 13.0. The number of sulfone groups is 1. The predicted molar refractivity (Wildman–Crippen MR) is 137 cm³/mol. The molecule has 0 fully saturated rings. The van der Waals surface area contributed by atoms with Gasteiger partial charge in [-0.3, -0.25) is 9.59 Å². The number of hydrogen-bond acceptors (Lipinski definition) is 6. The van der Waals surface area contributed by atoms with Crippen LogP contribution in [0.15, 0.2) is 64.4 Å². The molecule has 0 aliphatic carbocycles. The molecule has 2 rings (SSSR count). The molecule has 0 aliphatic heterocycles. The number of carbonyl (C=O) groups excluding carboxylic acids is 1. The number of carbonyl (C=O) groups is 2. The average molecular weight is 539 g/mol. The number of rotatable bonds is 14. The molecule has 198 valence electrons. The lowest BCUT2D eigenvalue weighted by atomic mass is 10.1. The Balaban J connectivity index is 1.99. The molecule has 0 spiro atoms. The fourth-order valence-corrected chi connectivity index (χ4v) is 6.58. The van der Waals surface area contributed by atoms with Crippen LogP contribution < -0.4 is 5.32 Å². The molecule has 11 heteroatoms. The maximum atomic E-state index is 13.3. The number of carboxylic acids is 1. The van der Waals surface area contributed by atoms with Gasteiger partial charge in [0.05, 0.1) is 9.79 Å². The van der Waals surface area contributed by atoms with E-state index in [2.05, 4.69) is 5.32 Å². The zero-order valence-corrected chi connectivity index (χ0v) is 22.4. The third kappa shape index (κ3) is 8.42. The number of aliphatic carboxylic acids is 1. The minimum Gasteiger partial charge on any atom is -0.480 e. The number of hydrogen-bond donors (Lipinski definition) is 2. The Morgan fingerprint density at radius 3 is 2.08 bits per heavy atom. The first-order valence-electron chi connectivity index (χ1n) is 11.7. The van der Waals surface area contributed by atoms with Crippen LogP contribution in [0.25, 0.3) is 0 Å². The van der Waals surface area contributed by atoms with E-state index in [0.29, 0.717) is 12.8 Å². The summed E-state index contributed by atoms with van der Waals surface area (Å²) in [6.07, 6.45) is 0.729. The van der Waals surface area contributed by atoms with Crippen molar-refractivity contribution in [2.75, 3.05) is 18.8 Å². The standard InChI is InChI=1S/C25H34N2O7S2/c1-19(2)17-27(36(33,34)22-14-12-20(3)13-15-22)23(25(29)30)11-7-8-16-26-24(28)18-35(31,32)21-9-5-4-6-10-21/h4-6,9-10,12-15,19,23H,7-8,11,16-18H2,1-3H3,(H,26,28)(H,29,30)/t23-/m0/s1. The topological polar surface area (TPSA) is 138 Å². The minimum absolute atomic E-state index is 0.0342. The first kappa shape index (κ1) is 29.5. The van der Waals surface area contributed by atoms with Crippen molar-refractivity contribution in [2.45, 2.75) is 55.9 Å².